The SMILES string of the molecule is C=C/C=C(C=C)/C(=C(\C#N)C(=O)Cl)c1ccccc1. The highest BCUT2D eigenvalue weighted by Gasteiger charge is 2.16. The number of allylic oxidation sites excluding steroid dienone is 6. The van der Waals surface area contributed by atoms with Crippen LogP contribution in [-0.2, 0) is 4.79 Å². The summed E-state index contributed by atoms with van der Waals surface area (Å²) in [5.74, 6) is 0. The standard InChI is InChI=1S/C16H12ClNO/c1-3-8-12(4-2)15(14(11-18)16(17)19)13-9-6-5-7-10-13/h3-10H,1-2H2/b12-8+,15-14-. The number of nitriles is 1. The van der Waals surface area contributed by atoms with Crippen LogP contribution in [0.1, 0.15) is 5.56 Å². The van der Waals surface area contributed by atoms with E-state index in [2.05, 4.69) is 13.2 Å². The molecular formula is C16H12ClNO. The Balaban J connectivity index is 3.66. The van der Waals surface area contributed by atoms with Crippen LogP contribution in [0.4, 0.5) is 0 Å². The van der Waals surface area contributed by atoms with Crippen LogP contribution in [0.25, 0.3) is 5.57 Å². The molecule has 0 radical (unpaired) electrons. The van der Waals surface area contributed by atoms with Gasteiger partial charge in [-0.3, -0.25) is 4.79 Å². The van der Waals surface area contributed by atoms with Crippen LogP contribution in [0.15, 0.2) is 72.9 Å². The summed E-state index contributed by atoms with van der Waals surface area (Å²) in [6.45, 7) is 7.29. The maximum absolute atomic E-state index is 11.4. The Morgan fingerprint density at radius 1 is 1.26 bits per heavy atom. The maximum Gasteiger partial charge on any atom is 0.263 e. The molecule has 1 aromatic carbocycles. The first-order valence-corrected chi connectivity index (χ1v) is 5.88. The number of hydrogen-bond acceptors (Lipinski definition) is 2. The molecule has 1 rings (SSSR count). The van der Waals surface area contributed by atoms with Crippen molar-refractivity contribution in [2.45, 2.75) is 0 Å². The fourth-order valence-electron chi connectivity index (χ4n) is 1.64. The van der Waals surface area contributed by atoms with Crippen molar-refractivity contribution in [2.24, 2.45) is 0 Å². The third kappa shape index (κ3) is 3.54. The molecular weight excluding hydrogens is 258 g/mol. The number of halogens is 1. The maximum atomic E-state index is 11.4. The molecule has 0 fully saturated rings. The summed E-state index contributed by atoms with van der Waals surface area (Å²) in [4.78, 5) is 11.4. The molecule has 0 unspecified atom stereocenters. The van der Waals surface area contributed by atoms with E-state index in [1.54, 1.807) is 30.4 Å². The van der Waals surface area contributed by atoms with Gasteiger partial charge in [0.15, 0.2) is 0 Å². The molecule has 0 aliphatic heterocycles. The lowest BCUT2D eigenvalue weighted by molar-refractivity contribution is -0.108. The van der Waals surface area contributed by atoms with Gasteiger partial charge in [-0.15, -0.1) is 0 Å². The van der Waals surface area contributed by atoms with Crippen molar-refractivity contribution >= 4 is 22.4 Å². The van der Waals surface area contributed by atoms with Gasteiger partial charge in [-0.25, -0.2) is 0 Å². The van der Waals surface area contributed by atoms with Crippen molar-refractivity contribution < 1.29 is 4.79 Å². The minimum Gasteiger partial charge on any atom is -0.275 e. The molecule has 0 spiro atoms. The van der Waals surface area contributed by atoms with Gasteiger partial charge in [0.05, 0.1) is 0 Å². The smallest absolute Gasteiger partial charge is 0.263 e. The zero-order chi connectivity index (χ0) is 14.3. The summed E-state index contributed by atoms with van der Waals surface area (Å²) < 4.78 is 0. The third-order valence-corrected chi connectivity index (χ3v) is 2.62. The highest BCUT2D eigenvalue weighted by atomic mass is 35.5. The van der Waals surface area contributed by atoms with Gasteiger partial charge >= 0.3 is 0 Å². The van der Waals surface area contributed by atoms with Crippen molar-refractivity contribution in [3.63, 3.8) is 0 Å². The van der Waals surface area contributed by atoms with Gasteiger partial charge in [-0.1, -0.05) is 61.7 Å². The Kier molecular flexibility index (Phi) is 5.53. The number of nitrogens with zero attached hydrogens (tertiary/aromatic N) is 1. The Hall–Kier alpha value is -2.37. The average Bonchev–Trinajstić information content (AvgIpc) is 2.43. The highest BCUT2D eigenvalue weighted by molar-refractivity contribution is 6.69. The summed E-state index contributed by atoms with van der Waals surface area (Å²) >= 11 is 5.48. The molecule has 0 bridgehead atoms. The van der Waals surface area contributed by atoms with Crippen molar-refractivity contribution in [3.8, 4) is 6.07 Å². The molecule has 2 nitrogen and oxygen atoms in total. The van der Waals surface area contributed by atoms with Gasteiger partial charge in [-0.05, 0) is 22.7 Å². The van der Waals surface area contributed by atoms with Crippen LogP contribution < -0.4 is 0 Å². The Morgan fingerprint density at radius 2 is 1.89 bits per heavy atom. The van der Waals surface area contributed by atoms with Gasteiger partial charge in [0.1, 0.15) is 11.6 Å². The molecule has 0 aliphatic carbocycles. The monoisotopic (exact) mass is 269 g/mol. The molecule has 1 aromatic rings. The second kappa shape index (κ2) is 7.15. The van der Waals surface area contributed by atoms with Crippen LogP contribution in [-0.4, -0.2) is 5.24 Å². The molecule has 0 aromatic heterocycles. The lowest BCUT2D eigenvalue weighted by atomic mass is 9.93. The van der Waals surface area contributed by atoms with Gasteiger partial charge in [0.2, 0.25) is 0 Å². The highest BCUT2D eigenvalue weighted by Crippen LogP contribution is 2.28. The summed E-state index contributed by atoms with van der Waals surface area (Å²) in [5, 5.41) is 8.35. The van der Waals surface area contributed by atoms with E-state index < -0.39 is 5.24 Å². The van der Waals surface area contributed by atoms with E-state index in [1.807, 2.05) is 24.3 Å². The molecule has 19 heavy (non-hydrogen) atoms. The summed E-state index contributed by atoms with van der Waals surface area (Å²) in [7, 11) is 0. The molecule has 0 saturated heterocycles. The van der Waals surface area contributed by atoms with Crippen LogP contribution in [0.3, 0.4) is 0 Å². The molecule has 0 atom stereocenters. The molecule has 94 valence electrons. The fourth-order valence-corrected chi connectivity index (χ4v) is 1.78. The Bertz CT molecular complexity index is 603. The van der Waals surface area contributed by atoms with Crippen LogP contribution in [0.2, 0.25) is 0 Å². The topological polar surface area (TPSA) is 40.9 Å². The van der Waals surface area contributed by atoms with Crippen LogP contribution in [0.5, 0.6) is 0 Å². The minimum atomic E-state index is -0.793. The zero-order valence-corrected chi connectivity index (χ0v) is 11.0. The summed E-state index contributed by atoms with van der Waals surface area (Å²) in [6.07, 6.45) is 4.79. The van der Waals surface area contributed by atoms with E-state index in [1.165, 1.54) is 0 Å². The zero-order valence-electron chi connectivity index (χ0n) is 10.3. The molecule has 0 saturated carbocycles. The van der Waals surface area contributed by atoms with Crippen molar-refractivity contribution in [1.82, 2.24) is 0 Å². The normalized spacial score (nSPS) is 12.1. The van der Waals surface area contributed by atoms with Crippen molar-refractivity contribution in [3.05, 3.63) is 78.4 Å². The van der Waals surface area contributed by atoms with E-state index in [0.717, 1.165) is 5.56 Å². The first-order valence-electron chi connectivity index (χ1n) is 5.50. The minimum absolute atomic E-state index is 0.110. The predicted molar refractivity (Wildman–Crippen MR) is 78.3 cm³/mol. The second-order valence-corrected chi connectivity index (χ2v) is 3.91. The van der Waals surface area contributed by atoms with E-state index in [-0.39, 0.29) is 5.57 Å². The molecule has 0 aliphatic rings. The number of carbonyl (C=O) groups excluding carboxylic acids is 1. The molecule has 0 amide bonds. The Labute approximate surface area is 117 Å². The largest absolute Gasteiger partial charge is 0.275 e. The first kappa shape index (κ1) is 14.7. The van der Waals surface area contributed by atoms with E-state index >= 15 is 0 Å². The molecule has 0 heterocycles. The fraction of sp³-hybridized carbons (Fsp3) is 0. The van der Waals surface area contributed by atoms with Gasteiger partial charge in [0.25, 0.3) is 5.24 Å². The van der Waals surface area contributed by atoms with E-state index in [4.69, 9.17) is 16.9 Å². The quantitative estimate of drug-likeness (QED) is 0.350. The number of rotatable bonds is 5. The summed E-state index contributed by atoms with van der Waals surface area (Å²) in [6, 6.07) is 10.9. The van der Waals surface area contributed by atoms with E-state index in [0.29, 0.717) is 11.1 Å². The van der Waals surface area contributed by atoms with Crippen molar-refractivity contribution in [2.75, 3.05) is 0 Å². The summed E-state index contributed by atoms with van der Waals surface area (Å²) in [5.41, 5.74) is 1.69. The second-order valence-electron chi connectivity index (χ2n) is 3.56. The number of benzene rings is 1. The van der Waals surface area contributed by atoms with Gasteiger partial charge < -0.3 is 0 Å². The lowest BCUT2D eigenvalue weighted by Gasteiger charge is -2.10. The average molecular weight is 270 g/mol. The van der Waals surface area contributed by atoms with Crippen LogP contribution >= 0.6 is 11.6 Å². The van der Waals surface area contributed by atoms with Gasteiger partial charge in [-0.2, -0.15) is 5.26 Å². The first-order chi connectivity index (χ1) is 9.15. The number of hydrogen-bond donors (Lipinski definition) is 0. The van der Waals surface area contributed by atoms with E-state index in [9.17, 15) is 4.79 Å². The lowest BCUT2D eigenvalue weighted by Crippen LogP contribution is -1.99. The number of carbonyl (C=O) groups is 1. The predicted octanol–water partition coefficient (Wildman–Crippen LogP) is 4.03. The molecule has 3 heteroatoms. The Morgan fingerprint density at radius 3 is 2.32 bits per heavy atom. The molecule has 0 N–H and O–H groups in total. The van der Waals surface area contributed by atoms with Crippen molar-refractivity contribution in [1.29, 1.82) is 5.26 Å². The van der Waals surface area contributed by atoms with Crippen LogP contribution in [0, 0.1) is 11.3 Å². The third-order valence-electron chi connectivity index (χ3n) is 2.43. The van der Waals surface area contributed by atoms with Gasteiger partial charge in [0, 0.05) is 5.57 Å².